The molecule has 1 heterocycles. The van der Waals surface area contributed by atoms with Crippen LogP contribution in [0.3, 0.4) is 0 Å². The average molecular weight is 219 g/mol. The topological polar surface area (TPSA) is 45.2 Å². The fraction of sp³-hybridized carbons (Fsp3) is 0.500. The summed E-state index contributed by atoms with van der Waals surface area (Å²) in [6, 6.07) is 4.39. The number of rotatable bonds is 5. The second-order valence-electron chi connectivity index (χ2n) is 4.20. The molecule has 2 rings (SSSR count). The van der Waals surface area contributed by atoms with Gasteiger partial charge in [0, 0.05) is 32.0 Å². The van der Waals surface area contributed by atoms with Crippen molar-refractivity contribution in [2.75, 3.05) is 13.6 Å². The van der Waals surface area contributed by atoms with Crippen LogP contribution in [-0.4, -0.2) is 35.4 Å². The molecule has 1 aliphatic rings. The van der Waals surface area contributed by atoms with Gasteiger partial charge in [0.25, 0.3) is 0 Å². The lowest BCUT2D eigenvalue weighted by Crippen LogP contribution is -2.36. The van der Waals surface area contributed by atoms with Gasteiger partial charge in [-0.25, -0.2) is 0 Å². The van der Waals surface area contributed by atoms with Crippen LogP contribution in [0.4, 0.5) is 0 Å². The van der Waals surface area contributed by atoms with Crippen molar-refractivity contribution < 1.29 is 4.79 Å². The third kappa shape index (κ3) is 3.03. The van der Waals surface area contributed by atoms with Gasteiger partial charge in [0.05, 0.1) is 6.54 Å². The molecule has 4 nitrogen and oxygen atoms in total. The number of nitrogens with one attached hydrogen (secondary N) is 1. The van der Waals surface area contributed by atoms with E-state index >= 15 is 0 Å². The number of nitrogens with zero attached hydrogens (tertiary/aromatic N) is 2. The van der Waals surface area contributed by atoms with Crippen molar-refractivity contribution >= 4 is 5.91 Å². The molecule has 0 radical (unpaired) electrons. The van der Waals surface area contributed by atoms with Crippen LogP contribution in [0, 0.1) is 0 Å². The van der Waals surface area contributed by atoms with Gasteiger partial charge < -0.3 is 10.2 Å². The third-order valence-electron chi connectivity index (χ3n) is 2.82. The van der Waals surface area contributed by atoms with Crippen molar-refractivity contribution in [2.24, 2.45) is 0 Å². The van der Waals surface area contributed by atoms with E-state index in [1.165, 1.54) is 0 Å². The van der Waals surface area contributed by atoms with E-state index in [1.807, 2.05) is 30.3 Å². The first-order valence-corrected chi connectivity index (χ1v) is 5.62. The number of carbonyl (C=O) groups excluding carboxylic acids is 1. The van der Waals surface area contributed by atoms with E-state index in [1.54, 1.807) is 6.20 Å². The van der Waals surface area contributed by atoms with Gasteiger partial charge in [-0.3, -0.25) is 9.78 Å². The van der Waals surface area contributed by atoms with Crippen molar-refractivity contribution in [1.82, 2.24) is 15.2 Å². The SMILES string of the molecule is CN(C(=O)CNCc1cccnc1)C1CC1. The molecule has 16 heavy (non-hydrogen) atoms. The maximum Gasteiger partial charge on any atom is 0.236 e. The Bertz CT molecular complexity index is 349. The van der Waals surface area contributed by atoms with Gasteiger partial charge >= 0.3 is 0 Å². The maximum atomic E-state index is 11.7. The van der Waals surface area contributed by atoms with E-state index in [0.717, 1.165) is 18.4 Å². The fourth-order valence-corrected chi connectivity index (χ4v) is 1.61. The normalized spacial score (nSPS) is 14.8. The lowest BCUT2D eigenvalue weighted by Gasteiger charge is -2.16. The number of hydrogen-bond donors (Lipinski definition) is 1. The first kappa shape index (κ1) is 11.1. The molecule has 1 aliphatic carbocycles. The Morgan fingerprint density at radius 1 is 1.62 bits per heavy atom. The zero-order valence-electron chi connectivity index (χ0n) is 9.52. The third-order valence-corrected chi connectivity index (χ3v) is 2.82. The van der Waals surface area contributed by atoms with Crippen LogP contribution in [0.15, 0.2) is 24.5 Å². The zero-order chi connectivity index (χ0) is 11.4. The monoisotopic (exact) mass is 219 g/mol. The van der Waals surface area contributed by atoms with E-state index in [-0.39, 0.29) is 5.91 Å². The average Bonchev–Trinajstić information content (AvgIpc) is 3.13. The molecular formula is C12H17N3O. The molecule has 0 aliphatic heterocycles. The Balaban J connectivity index is 1.69. The molecule has 1 N–H and O–H groups in total. The number of likely N-dealkylation sites (N-methyl/N-ethyl adjacent to an activating group) is 1. The molecule has 0 unspecified atom stereocenters. The summed E-state index contributed by atoms with van der Waals surface area (Å²) in [7, 11) is 1.88. The minimum Gasteiger partial charge on any atom is -0.342 e. The van der Waals surface area contributed by atoms with Crippen molar-refractivity contribution in [3.63, 3.8) is 0 Å². The Morgan fingerprint density at radius 3 is 3.06 bits per heavy atom. The second kappa shape index (κ2) is 5.07. The van der Waals surface area contributed by atoms with E-state index in [9.17, 15) is 4.79 Å². The summed E-state index contributed by atoms with van der Waals surface area (Å²) >= 11 is 0. The van der Waals surface area contributed by atoms with Gasteiger partial charge in [0.2, 0.25) is 5.91 Å². The van der Waals surface area contributed by atoms with Crippen LogP contribution in [-0.2, 0) is 11.3 Å². The summed E-state index contributed by atoms with van der Waals surface area (Å²) in [5.41, 5.74) is 1.10. The number of hydrogen-bond acceptors (Lipinski definition) is 3. The van der Waals surface area contributed by atoms with E-state index in [0.29, 0.717) is 19.1 Å². The highest BCUT2D eigenvalue weighted by atomic mass is 16.2. The molecule has 0 saturated heterocycles. The zero-order valence-corrected chi connectivity index (χ0v) is 9.52. The molecule has 86 valence electrons. The highest BCUT2D eigenvalue weighted by Gasteiger charge is 2.28. The molecular weight excluding hydrogens is 202 g/mol. The van der Waals surface area contributed by atoms with Crippen LogP contribution >= 0.6 is 0 Å². The van der Waals surface area contributed by atoms with Gasteiger partial charge in [0.1, 0.15) is 0 Å². The smallest absolute Gasteiger partial charge is 0.236 e. The first-order valence-electron chi connectivity index (χ1n) is 5.62. The van der Waals surface area contributed by atoms with Crippen molar-refractivity contribution in [3.8, 4) is 0 Å². The molecule has 0 bridgehead atoms. The number of carbonyl (C=O) groups is 1. The Hall–Kier alpha value is -1.42. The number of aromatic nitrogens is 1. The van der Waals surface area contributed by atoms with E-state index in [4.69, 9.17) is 0 Å². The van der Waals surface area contributed by atoms with E-state index < -0.39 is 0 Å². The quantitative estimate of drug-likeness (QED) is 0.796. The standard InChI is InChI=1S/C12H17N3O/c1-15(11-4-5-11)12(16)9-14-8-10-3-2-6-13-7-10/h2-3,6-7,11,14H,4-5,8-9H2,1H3. The number of amides is 1. The minimum atomic E-state index is 0.173. The molecule has 4 heteroatoms. The summed E-state index contributed by atoms with van der Waals surface area (Å²) in [6.45, 7) is 1.10. The molecule has 1 saturated carbocycles. The lowest BCUT2D eigenvalue weighted by atomic mass is 10.3. The van der Waals surface area contributed by atoms with Crippen LogP contribution < -0.4 is 5.32 Å². The number of pyridine rings is 1. The minimum absolute atomic E-state index is 0.173. The molecule has 1 amide bonds. The van der Waals surface area contributed by atoms with Gasteiger partial charge in [-0.15, -0.1) is 0 Å². The fourth-order valence-electron chi connectivity index (χ4n) is 1.61. The van der Waals surface area contributed by atoms with Gasteiger partial charge in [-0.2, -0.15) is 0 Å². The highest BCUT2D eigenvalue weighted by Crippen LogP contribution is 2.24. The van der Waals surface area contributed by atoms with Gasteiger partial charge in [0.15, 0.2) is 0 Å². The van der Waals surface area contributed by atoms with Gasteiger partial charge in [-0.1, -0.05) is 6.07 Å². The Kier molecular flexibility index (Phi) is 3.51. The molecule has 0 aromatic carbocycles. The van der Waals surface area contributed by atoms with Crippen LogP contribution in [0.25, 0.3) is 0 Å². The molecule has 0 spiro atoms. The lowest BCUT2D eigenvalue weighted by molar-refractivity contribution is -0.129. The summed E-state index contributed by atoms with van der Waals surface area (Å²) < 4.78 is 0. The summed E-state index contributed by atoms with van der Waals surface area (Å²) in [6.07, 6.45) is 5.87. The summed E-state index contributed by atoms with van der Waals surface area (Å²) in [4.78, 5) is 17.5. The molecule has 1 aromatic rings. The Labute approximate surface area is 95.7 Å². The molecule has 0 atom stereocenters. The Morgan fingerprint density at radius 2 is 2.44 bits per heavy atom. The van der Waals surface area contributed by atoms with E-state index in [2.05, 4.69) is 10.3 Å². The predicted molar refractivity (Wildman–Crippen MR) is 61.7 cm³/mol. The van der Waals surface area contributed by atoms with Crippen molar-refractivity contribution in [2.45, 2.75) is 25.4 Å². The second-order valence-corrected chi connectivity index (χ2v) is 4.20. The first-order chi connectivity index (χ1) is 7.77. The molecule has 1 fully saturated rings. The largest absolute Gasteiger partial charge is 0.342 e. The van der Waals surface area contributed by atoms with Crippen LogP contribution in [0.5, 0.6) is 0 Å². The van der Waals surface area contributed by atoms with Crippen LogP contribution in [0.1, 0.15) is 18.4 Å². The summed E-state index contributed by atoms with van der Waals surface area (Å²) in [5, 5.41) is 3.13. The van der Waals surface area contributed by atoms with Crippen molar-refractivity contribution in [1.29, 1.82) is 0 Å². The van der Waals surface area contributed by atoms with Crippen molar-refractivity contribution in [3.05, 3.63) is 30.1 Å². The van der Waals surface area contributed by atoms with Crippen LogP contribution in [0.2, 0.25) is 0 Å². The predicted octanol–water partition coefficient (Wildman–Crippen LogP) is 0.792. The summed E-state index contributed by atoms with van der Waals surface area (Å²) in [5.74, 6) is 0.173. The van der Waals surface area contributed by atoms with Gasteiger partial charge in [-0.05, 0) is 24.5 Å². The maximum absolute atomic E-state index is 11.7. The highest BCUT2D eigenvalue weighted by molar-refractivity contribution is 5.78. The molecule has 1 aromatic heterocycles.